The third-order valence-corrected chi connectivity index (χ3v) is 7.00. The zero-order valence-electron chi connectivity index (χ0n) is 17.1. The molecule has 0 spiro atoms. The Morgan fingerprint density at radius 1 is 1.17 bits per heavy atom. The minimum Gasteiger partial charge on any atom is -0.503 e. The molecule has 1 aliphatic carbocycles. The Morgan fingerprint density at radius 3 is 2.52 bits per heavy atom. The van der Waals surface area contributed by atoms with Crippen molar-refractivity contribution in [2.75, 3.05) is 0 Å². The molecule has 4 rings (SSSR count). The molecule has 1 atom stereocenters. The fraction of sp³-hybridized carbons (Fsp3) is 0.435. The SMILES string of the molecule is Cc1cccc(C2C(C(=O)c3sc(C)nc3C)=C(O)C(=O)N2C2CCCCC2)c1. The Balaban J connectivity index is 1.83. The van der Waals surface area contributed by atoms with Crippen LogP contribution in [-0.2, 0) is 4.79 Å². The zero-order chi connectivity index (χ0) is 20.7. The summed E-state index contributed by atoms with van der Waals surface area (Å²) >= 11 is 1.31. The highest BCUT2D eigenvalue weighted by Gasteiger charge is 2.47. The average Bonchev–Trinajstić information content (AvgIpc) is 3.18. The standard InChI is InChI=1S/C23H26N2O3S/c1-13-8-7-9-16(12-13)19-18(20(26)22-14(2)24-15(3)29-22)21(27)23(28)25(19)17-10-5-4-6-11-17/h7-9,12,17,19,27H,4-6,10-11H2,1-3H3. The van der Waals surface area contributed by atoms with Crippen LogP contribution < -0.4 is 0 Å². The van der Waals surface area contributed by atoms with Gasteiger partial charge in [0.15, 0.2) is 5.76 Å². The molecular weight excluding hydrogens is 384 g/mol. The first-order valence-corrected chi connectivity index (χ1v) is 11.0. The van der Waals surface area contributed by atoms with Gasteiger partial charge in [-0.2, -0.15) is 0 Å². The largest absolute Gasteiger partial charge is 0.503 e. The highest BCUT2D eigenvalue weighted by Crippen LogP contribution is 2.43. The molecule has 0 bridgehead atoms. The number of benzene rings is 1. The van der Waals surface area contributed by atoms with Crippen molar-refractivity contribution in [3.8, 4) is 0 Å². The first kappa shape index (κ1) is 19.8. The number of aliphatic hydroxyl groups excluding tert-OH is 1. The van der Waals surface area contributed by atoms with Crippen molar-refractivity contribution in [2.45, 2.75) is 65.0 Å². The van der Waals surface area contributed by atoms with Crippen molar-refractivity contribution in [1.82, 2.24) is 9.88 Å². The molecule has 1 amide bonds. The fourth-order valence-corrected chi connectivity index (χ4v) is 5.50. The van der Waals surface area contributed by atoms with Crippen molar-refractivity contribution in [1.29, 1.82) is 0 Å². The van der Waals surface area contributed by atoms with Crippen LogP contribution >= 0.6 is 11.3 Å². The lowest BCUT2D eigenvalue weighted by Gasteiger charge is -2.36. The lowest BCUT2D eigenvalue weighted by Crippen LogP contribution is -2.41. The molecule has 1 saturated carbocycles. The molecule has 2 heterocycles. The van der Waals surface area contributed by atoms with Gasteiger partial charge >= 0.3 is 0 Å². The third-order valence-electron chi connectivity index (χ3n) is 5.92. The highest BCUT2D eigenvalue weighted by molar-refractivity contribution is 7.14. The maximum atomic E-state index is 13.5. The molecule has 2 aliphatic rings. The second-order valence-electron chi connectivity index (χ2n) is 8.06. The van der Waals surface area contributed by atoms with Gasteiger partial charge in [0, 0.05) is 6.04 Å². The summed E-state index contributed by atoms with van der Waals surface area (Å²) in [6, 6.07) is 7.36. The fourth-order valence-electron chi connectivity index (χ4n) is 4.62. The summed E-state index contributed by atoms with van der Waals surface area (Å²) in [6.45, 7) is 5.65. The van der Waals surface area contributed by atoms with E-state index in [0.717, 1.165) is 48.2 Å². The van der Waals surface area contributed by atoms with Crippen molar-refractivity contribution in [2.24, 2.45) is 0 Å². The van der Waals surface area contributed by atoms with E-state index in [1.165, 1.54) is 11.3 Å². The molecule has 5 nitrogen and oxygen atoms in total. The molecule has 0 radical (unpaired) electrons. The molecule has 1 aromatic carbocycles. The number of ketones is 1. The minimum absolute atomic E-state index is 0.0403. The van der Waals surface area contributed by atoms with Gasteiger partial charge in [-0.05, 0) is 39.2 Å². The van der Waals surface area contributed by atoms with Crippen LogP contribution in [0.3, 0.4) is 0 Å². The molecule has 1 aromatic heterocycles. The number of carbonyl (C=O) groups is 2. The number of thiazole rings is 1. The Labute approximate surface area is 175 Å². The molecule has 1 aliphatic heterocycles. The Hall–Kier alpha value is -2.47. The summed E-state index contributed by atoms with van der Waals surface area (Å²) in [5.74, 6) is -1.12. The summed E-state index contributed by atoms with van der Waals surface area (Å²) in [6.07, 6.45) is 5.10. The number of amides is 1. The monoisotopic (exact) mass is 410 g/mol. The van der Waals surface area contributed by atoms with Gasteiger partial charge in [0.1, 0.15) is 0 Å². The van der Waals surface area contributed by atoms with Gasteiger partial charge in [-0.25, -0.2) is 4.98 Å². The summed E-state index contributed by atoms with van der Waals surface area (Å²) in [7, 11) is 0. The molecular formula is C23H26N2O3S. The van der Waals surface area contributed by atoms with Crippen LogP contribution in [0, 0.1) is 20.8 Å². The predicted octanol–water partition coefficient (Wildman–Crippen LogP) is 4.98. The zero-order valence-corrected chi connectivity index (χ0v) is 17.9. The number of aryl methyl sites for hydroxylation is 3. The van der Waals surface area contributed by atoms with Crippen molar-refractivity contribution in [3.63, 3.8) is 0 Å². The molecule has 1 unspecified atom stereocenters. The van der Waals surface area contributed by atoms with Gasteiger partial charge in [0.25, 0.3) is 5.91 Å². The van der Waals surface area contributed by atoms with Gasteiger partial charge in [0.05, 0.1) is 27.2 Å². The quantitative estimate of drug-likeness (QED) is 0.722. The summed E-state index contributed by atoms with van der Waals surface area (Å²) in [5, 5.41) is 11.6. The molecule has 152 valence electrons. The van der Waals surface area contributed by atoms with E-state index in [1.54, 1.807) is 11.8 Å². The molecule has 6 heteroatoms. The molecule has 1 N–H and O–H groups in total. The summed E-state index contributed by atoms with van der Waals surface area (Å²) < 4.78 is 0. The smallest absolute Gasteiger partial charge is 0.290 e. The van der Waals surface area contributed by atoms with E-state index in [0.29, 0.717) is 10.6 Å². The Bertz CT molecular complexity index is 1000. The number of rotatable bonds is 4. The van der Waals surface area contributed by atoms with Gasteiger partial charge in [0.2, 0.25) is 5.78 Å². The van der Waals surface area contributed by atoms with E-state index in [4.69, 9.17) is 0 Å². The second-order valence-corrected chi connectivity index (χ2v) is 9.26. The molecule has 0 saturated heterocycles. The number of carbonyl (C=O) groups excluding carboxylic acids is 2. The number of hydrogen-bond acceptors (Lipinski definition) is 5. The van der Waals surface area contributed by atoms with Gasteiger partial charge in [-0.1, -0.05) is 49.1 Å². The van der Waals surface area contributed by atoms with Crippen LogP contribution in [0.1, 0.15) is 69.6 Å². The highest BCUT2D eigenvalue weighted by atomic mass is 32.1. The number of aliphatic hydroxyl groups is 1. The minimum atomic E-state index is -0.556. The van der Waals surface area contributed by atoms with E-state index in [-0.39, 0.29) is 17.4 Å². The normalized spacial score (nSPS) is 20.6. The van der Waals surface area contributed by atoms with Crippen LogP contribution in [0.25, 0.3) is 0 Å². The van der Waals surface area contributed by atoms with Gasteiger partial charge < -0.3 is 10.0 Å². The van der Waals surface area contributed by atoms with E-state index in [1.807, 2.05) is 38.1 Å². The number of hydrogen-bond donors (Lipinski definition) is 1. The van der Waals surface area contributed by atoms with Crippen LogP contribution in [-0.4, -0.2) is 32.7 Å². The predicted molar refractivity (Wildman–Crippen MR) is 113 cm³/mol. The van der Waals surface area contributed by atoms with E-state index < -0.39 is 17.7 Å². The van der Waals surface area contributed by atoms with Crippen molar-refractivity contribution in [3.05, 3.63) is 62.3 Å². The summed E-state index contributed by atoms with van der Waals surface area (Å²) in [4.78, 5) is 33.3. The van der Waals surface area contributed by atoms with E-state index in [9.17, 15) is 14.7 Å². The first-order valence-electron chi connectivity index (χ1n) is 10.2. The second kappa shape index (κ2) is 7.75. The molecule has 2 aromatic rings. The third kappa shape index (κ3) is 3.50. The maximum absolute atomic E-state index is 13.5. The van der Waals surface area contributed by atoms with Crippen molar-refractivity contribution >= 4 is 23.0 Å². The lowest BCUT2D eigenvalue weighted by atomic mass is 9.90. The Kier molecular flexibility index (Phi) is 5.30. The van der Waals surface area contributed by atoms with Gasteiger partial charge in [-0.15, -0.1) is 11.3 Å². The van der Waals surface area contributed by atoms with Crippen LogP contribution in [0.15, 0.2) is 35.6 Å². The number of nitrogens with zero attached hydrogens (tertiary/aromatic N) is 2. The first-order chi connectivity index (χ1) is 13.9. The molecule has 29 heavy (non-hydrogen) atoms. The van der Waals surface area contributed by atoms with Crippen LogP contribution in [0.4, 0.5) is 0 Å². The number of aromatic nitrogens is 1. The number of Topliss-reactive ketones (excluding diaryl/α,β-unsaturated/α-hetero) is 1. The van der Waals surface area contributed by atoms with Crippen molar-refractivity contribution < 1.29 is 14.7 Å². The Morgan fingerprint density at radius 2 is 1.90 bits per heavy atom. The average molecular weight is 411 g/mol. The van der Waals surface area contributed by atoms with E-state index in [2.05, 4.69) is 4.98 Å². The summed E-state index contributed by atoms with van der Waals surface area (Å²) in [5.41, 5.74) is 2.76. The van der Waals surface area contributed by atoms with Gasteiger partial charge in [-0.3, -0.25) is 9.59 Å². The topological polar surface area (TPSA) is 70.5 Å². The van der Waals surface area contributed by atoms with Crippen LogP contribution in [0.5, 0.6) is 0 Å². The van der Waals surface area contributed by atoms with Crippen LogP contribution in [0.2, 0.25) is 0 Å². The maximum Gasteiger partial charge on any atom is 0.290 e. The van der Waals surface area contributed by atoms with E-state index >= 15 is 0 Å². The lowest BCUT2D eigenvalue weighted by molar-refractivity contribution is -0.132. The molecule has 1 fully saturated rings.